The van der Waals surface area contributed by atoms with Crippen molar-refractivity contribution in [2.75, 3.05) is 40.9 Å². The van der Waals surface area contributed by atoms with Crippen molar-refractivity contribution in [2.24, 2.45) is 0 Å². The Labute approximate surface area is 208 Å². The van der Waals surface area contributed by atoms with Gasteiger partial charge in [-0.3, -0.25) is 4.79 Å². The zero-order valence-electron chi connectivity index (χ0n) is 21.2. The van der Waals surface area contributed by atoms with Gasteiger partial charge in [-0.1, -0.05) is 30.4 Å². The number of rotatable bonds is 13. The first-order chi connectivity index (χ1) is 17.0. The number of methoxy groups -OCH3 is 2. The minimum atomic E-state index is 0.0416. The van der Waals surface area contributed by atoms with E-state index in [1.165, 1.54) is 5.56 Å². The largest absolute Gasteiger partial charge is 0.493 e. The van der Waals surface area contributed by atoms with Crippen LogP contribution in [-0.4, -0.2) is 61.3 Å². The van der Waals surface area contributed by atoms with E-state index in [4.69, 9.17) is 9.47 Å². The highest BCUT2D eigenvalue weighted by Crippen LogP contribution is 2.27. The first-order valence-electron chi connectivity index (χ1n) is 11.9. The summed E-state index contributed by atoms with van der Waals surface area (Å²) < 4.78 is 12.7. The van der Waals surface area contributed by atoms with Crippen molar-refractivity contribution in [2.45, 2.75) is 26.2 Å². The normalized spacial score (nSPS) is 11.2. The van der Waals surface area contributed by atoms with Crippen LogP contribution in [0.3, 0.4) is 0 Å². The lowest BCUT2D eigenvalue weighted by Gasteiger charge is -2.17. The fourth-order valence-corrected chi connectivity index (χ4v) is 3.82. The standard InChI is InChI=1S/C28H36N4O3/c1-22-29-17-20-32(22)25-12-9-23(10-13-25)7-5-8-28(33)30-16-6-18-31(2)19-15-24-11-14-26(34-3)27(21-24)35-4/h5,7,9-14,17,20-21H,6,8,15-16,18-19H2,1-4H3,(H,30,33)/b7-5+. The third-order valence-electron chi connectivity index (χ3n) is 5.88. The molecule has 0 aliphatic rings. The molecule has 0 unspecified atom stereocenters. The monoisotopic (exact) mass is 476 g/mol. The molecule has 0 spiro atoms. The molecule has 3 aromatic rings. The smallest absolute Gasteiger partial charge is 0.223 e. The molecule has 0 aliphatic carbocycles. The Bertz CT molecular complexity index is 1110. The van der Waals surface area contributed by atoms with Crippen LogP contribution < -0.4 is 14.8 Å². The molecule has 0 radical (unpaired) electrons. The molecule has 0 saturated heterocycles. The van der Waals surface area contributed by atoms with E-state index >= 15 is 0 Å². The third-order valence-corrected chi connectivity index (χ3v) is 5.88. The van der Waals surface area contributed by atoms with Gasteiger partial charge < -0.3 is 24.3 Å². The van der Waals surface area contributed by atoms with Gasteiger partial charge in [-0.25, -0.2) is 4.98 Å². The lowest BCUT2D eigenvalue weighted by atomic mass is 10.1. The second kappa shape index (κ2) is 13.3. The first kappa shape index (κ1) is 26.0. The topological polar surface area (TPSA) is 68.6 Å². The minimum absolute atomic E-state index is 0.0416. The van der Waals surface area contributed by atoms with Crippen LogP contribution in [0.4, 0.5) is 0 Å². The summed E-state index contributed by atoms with van der Waals surface area (Å²) >= 11 is 0. The first-order valence-corrected chi connectivity index (χ1v) is 11.9. The fraction of sp³-hybridized carbons (Fsp3) is 0.357. The Hall–Kier alpha value is -3.58. The molecule has 3 rings (SSSR count). The minimum Gasteiger partial charge on any atom is -0.493 e. The van der Waals surface area contributed by atoms with Crippen molar-refractivity contribution in [1.29, 1.82) is 0 Å². The van der Waals surface area contributed by atoms with Crippen LogP contribution in [0.2, 0.25) is 0 Å². The number of hydrogen-bond donors (Lipinski definition) is 1. The average Bonchev–Trinajstić information content (AvgIpc) is 3.31. The number of aromatic nitrogens is 2. The highest BCUT2D eigenvalue weighted by atomic mass is 16.5. The molecule has 1 aromatic heterocycles. The second-order valence-corrected chi connectivity index (χ2v) is 8.49. The summed E-state index contributed by atoms with van der Waals surface area (Å²) in [4.78, 5) is 18.7. The summed E-state index contributed by atoms with van der Waals surface area (Å²) in [6.45, 7) is 4.51. The van der Waals surface area contributed by atoms with E-state index in [1.54, 1.807) is 20.4 Å². The van der Waals surface area contributed by atoms with Gasteiger partial charge in [-0.15, -0.1) is 0 Å². The van der Waals surface area contributed by atoms with E-state index in [0.29, 0.717) is 13.0 Å². The quantitative estimate of drug-likeness (QED) is 0.373. The predicted molar refractivity (Wildman–Crippen MR) is 140 cm³/mol. The average molecular weight is 477 g/mol. The maximum absolute atomic E-state index is 12.1. The van der Waals surface area contributed by atoms with Gasteiger partial charge in [0, 0.05) is 37.6 Å². The van der Waals surface area contributed by atoms with Crippen molar-refractivity contribution < 1.29 is 14.3 Å². The van der Waals surface area contributed by atoms with Crippen LogP contribution in [0.1, 0.15) is 29.8 Å². The molecule has 7 nitrogen and oxygen atoms in total. The molecule has 0 atom stereocenters. The van der Waals surface area contributed by atoms with Crippen molar-refractivity contribution in [3.8, 4) is 17.2 Å². The van der Waals surface area contributed by atoms with Crippen LogP contribution in [0.25, 0.3) is 11.8 Å². The van der Waals surface area contributed by atoms with Gasteiger partial charge in [0.05, 0.1) is 14.2 Å². The van der Waals surface area contributed by atoms with Crippen molar-refractivity contribution in [3.05, 3.63) is 77.9 Å². The number of nitrogens with one attached hydrogen (secondary N) is 1. The summed E-state index contributed by atoms with van der Waals surface area (Å²) in [5, 5.41) is 3.00. The van der Waals surface area contributed by atoms with E-state index in [1.807, 2.05) is 54.1 Å². The van der Waals surface area contributed by atoms with Crippen molar-refractivity contribution >= 4 is 12.0 Å². The maximum atomic E-state index is 12.1. The summed E-state index contributed by atoms with van der Waals surface area (Å²) in [7, 11) is 5.40. The van der Waals surface area contributed by atoms with Crippen molar-refractivity contribution in [3.63, 3.8) is 0 Å². The third kappa shape index (κ3) is 8.00. The molecule has 2 aromatic carbocycles. The predicted octanol–water partition coefficient (Wildman–Crippen LogP) is 4.28. The summed E-state index contributed by atoms with van der Waals surface area (Å²) in [6.07, 6.45) is 9.83. The van der Waals surface area contributed by atoms with Gasteiger partial charge >= 0.3 is 0 Å². The van der Waals surface area contributed by atoms with Crippen LogP contribution in [0.15, 0.2) is 60.9 Å². The fourth-order valence-electron chi connectivity index (χ4n) is 3.82. The van der Waals surface area contributed by atoms with Crippen molar-refractivity contribution in [1.82, 2.24) is 19.8 Å². The summed E-state index contributed by atoms with van der Waals surface area (Å²) in [5.74, 6) is 2.49. The van der Waals surface area contributed by atoms with Crippen LogP contribution in [0, 0.1) is 6.92 Å². The highest BCUT2D eigenvalue weighted by Gasteiger charge is 2.06. The van der Waals surface area contributed by atoms with E-state index in [-0.39, 0.29) is 5.91 Å². The molecule has 1 heterocycles. The lowest BCUT2D eigenvalue weighted by Crippen LogP contribution is -2.28. The second-order valence-electron chi connectivity index (χ2n) is 8.49. The molecule has 7 heteroatoms. The molecule has 1 N–H and O–H groups in total. The van der Waals surface area contributed by atoms with Gasteiger partial charge in [0.1, 0.15) is 5.82 Å². The van der Waals surface area contributed by atoms with E-state index in [0.717, 1.165) is 54.5 Å². The molecule has 0 aliphatic heterocycles. The zero-order valence-corrected chi connectivity index (χ0v) is 21.2. The Morgan fingerprint density at radius 1 is 1.09 bits per heavy atom. The van der Waals surface area contributed by atoms with Crippen LogP contribution >= 0.6 is 0 Å². The molecular weight excluding hydrogens is 440 g/mol. The Kier molecular flexibility index (Phi) is 9.93. The van der Waals surface area contributed by atoms with Gasteiger partial charge in [0.15, 0.2) is 11.5 Å². The van der Waals surface area contributed by atoms with Gasteiger partial charge in [-0.05, 0) is 68.8 Å². The van der Waals surface area contributed by atoms with E-state index in [2.05, 4.69) is 40.4 Å². The lowest BCUT2D eigenvalue weighted by molar-refractivity contribution is -0.120. The number of benzene rings is 2. The molecule has 186 valence electrons. The Morgan fingerprint density at radius 2 is 1.86 bits per heavy atom. The van der Waals surface area contributed by atoms with Crippen LogP contribution in [-0.2, 0) is 11.2 Å². The number of carbonyl (C=O) groups is 1. The molecular formula is C28H36N4O3. The van der Waals surface area contributed by atoms with E-state index in [9.17, 15) is 4.79 Å². The SMILES string of the molecule is COc1ccc(CCN(C)CCCNC(=O)C/C=C/c2ccc(-n3ccnc3C)cc2)cc1OC. The maximum Gasteiger partial charge on any atom is 0.223 e. The molecule has 0 saturated carbocycles. The van der Waals surface area contributed by atoms with E-state index < -0.39 is 0 Å². The molecule has 0 bridgehead atoms. The Balaban J connectivity index is 1.31. The number of amides is 1. The number of ether oxygens (including phenoxy) is 2. The Morgan fingerprint density at radius 3 is 2.54 bits per heavy atom. The number of imidazole rings is 1. The number of nitrogens with zero attached hydrogens (tertiary/aromatic N) is 3. The number of likely N-dealkylation sites (N-methyl/N-ethyl adjacent to an activating group) is 1. The van der Waals surface area contributed by atoms with Gasteiger partial charge in [-0.2, -0.15) is 0 Å². The highest BCUT2D eigenvalue weighted by molar-refractivity contribution is 5.78. The summed E-state index contributed by atoms with van der Waals surface area (Å²) in [6, 6.07) is 14.2. The number of carbonyl (C=O) groups excluding carboxylic acids is 1. The number of hydrogen-bond acceptors (Lipinski definition) is 5. The van der Waals surface area contributed by atoms with Gasteiger partial charge in [0.2, 0.25) is 5.91 Å². The zero-order chi connectivity index (χ0) is 25.0. The molecule has 0 fully saturated rings. The molecule has 1 amide bonds. The van der Waals surface area contributed by atoms with Crippen LogP contribution in [0.5, 0.6) is 11.5 Å². The van der Waals surface area contributed by atoms with Gasteiger partial charge in [0.25, 0.3) is 0 Å². The summed E-state index contributed by atoms with van der Waals surface area (Å²) in [5.41, 5.74) is 3.35. The number of aryl methyl sites for hydroxylation is 1. The molecule has 35 heavy (non-hydrogen) atoms.